The molecule has 2 aromatic carbocycles. The second-order valence-corrected chi connectivity index (χ2v) is 9.07. The Hall–Kier alpha value is -2.42. The van der Waals surface area contributed by atoms with Crippen LogP contribution in [0.2, 0.25) is 0 Å². The molecule has 1 N–H and O–H groups in total. The lowest BCUT2D eigenvalue weighted by Gasteiger charge is -2.34. The van der Waals surface area contributed by atoms with Gasteiger partial charge in [-0.1, -0.05) is 42.0 Å². The quantitative estimate of drug-likeness (QED) is 0.748. The molecule has 8 heteroatoms. The molecular formula is C21H27N3O4S. The zero-order valence-corrected chi connectivity index (χ0v) is 17.6. The maximum absolute atomic E-state index is 13.0. The molecule has 1 heterocycles. The fourth-order valence-corrected chi connectivity index (χ4v) is 4.87. The predicted molar refractivity (Wildman–Crippen MR) is 112 cm³/mol. The number of amides is 1. The normalized spacial score (nSPS) is 17.0. The number of hydrogen-bond donors (Lipinski definition) is 1. The van der Waals surface area contributed by atoms with E-state index in [0.29, 0.717) is 31.8 Å². The van der Waals surface area contributed by atoms with E-state index in [1.165, 1.54) is 8.61 Å². The maximum Gasteiger partial charge on any atom is 0.282 e. The Balaban J connectivity index is 1.60. The van der Waals surface area contributed by atoms with E-state index < -0.39 is 10.2 Å². The predicted octanol–water partition coefficient (Wildman–Crippen LogP) is 2.07. The number of rotatable bonds is 7. The first-order chi connectivity index (χ1) is 13.9. The Morgan fingerprint density at radius 1 is 1.07 bits per heavy atom. The Morgan fingerprint density at radius 2 is 1.79 bits per heavy atom. The van der Waals surface area contributed by atoms with E-state index in [4.69, 9.17) is 4.74 Å². The minimum absolute atomic E-state index is 0.178. The number of carbonyl (C=O) groups is 1. The molecule has 0 radical (unpaired) electrons. The fraction of sp³-hybridized carbons (Fsp3) is 0.381. The molecule has 0 spiro atoms. The second kappa shape index (κ2) is 9.39. The van der Waals surface area contributed by atoms with Crippen molar-refractivity contribution < 1.29 is 17.9 Å². The summed E-state index contributed by atoms with van der Waals surface area (Å²) < 4.78 is 33.8. The molecule has 156 valence electrons. The molecule has 1 aliphatic heterocycles. The Morgan fingerprint density at radius 3 is 2.52 bits per heavy atom. The van der Waals surface area contributed by atoms with Crippen molar-refractivity contribution in [2.24, 2.45) is 0 Å². The first-order valence-electron chi connectivity index (χ1n) is 9.59. The number of methoxy groups -OCH3 is 1. The molecule has 1 fully saturated rings. The van der Waals surface area contributed by atoms with Crippen molar-refractivity contribution in [1.82, 2.24) is 13.9 Å². The third-order valence-electron chi connectivity index (χ3n) is 4.89. The highest BCUT2D eigenvalue weighted by atomic mass is 32.2. The van der Waals surface area contributed by atoms with E-state index in [0.717, 1.165) is 16.7 Å². The molecule has 0 unspecified atom stereocenters. The Bertz CT molecular complexity index is 945. The molecule has 0 aromatic heterocycles. The van der Waals surface area contributed by atoms with Gasteiger partial charge in [0.25, 0.3) is 10.2 Å². The summed E-state index contributed by atoms with van der Waals surface area (Å²) in [5.74, 6) is 0.377. The summed E-state index contributed by atoms with van der Waals surface area (Å²) in [4.78, 5) is 12.3. The zero-order chi connectivity index (χ0) is 20.9. The zero-order valence-electron chi connectivity index (χ0n) is 16.8. The van der Waals surface area contributed by atoms with E-state index in [1.807, 2.05) is 55.5 Å². The number of nitrogens with one attached hydrogen (secondary N) is 1. The largest absolute Gasteiger partial charge is 0.497 e. The van der Waals surface area contributed by atoms with Crippen molar-refractivity contribution in [2.45, 2.75) is 26.4 Å². The van der Waals surface area contributed by atoms with Crippen molar-refractivity contribution in [1.29, 1.82) is 0 Å². The molecule has 0 atom stereocenters. The van der Waals surface area contributed by atoms with Gasteiger partial charge in [-0.05, 0) is 36.6 Å². The average molecular weight is 418 g/mol. The van der Waals surface area contributed by atoms with Gasteiger partial charge in [-0.25, -0.2) is 0 Å². The highest BCUT2D eigenvalue weighted by molar-refractivity contribution is 7.86. The van der Waals surface area contributed by atoms with Gasteiger partial charge in [0.1, 0.15) is 5.75 Å². The smallest absolute Gasteiger partial charge is 0.282 e. The van der Waals surface area contributed by atoms with Gasteiger partial charge >= 0.3 is 0 Å². The Kier molecular flexibility index (Phi) is 6.89. The van der Waals surface area contributed by atoms with Gasteiger partial charge in [-0.15, -0.1) is 0 Å². The Labute approximate surface area is 172 Å². The van der Waals surface area contributed by atoms with Gasteiger partial charge in [0.2, 0.25) is 5.91 Å². The number of hydrogen-bond acceptors (Lipinski definition) is 4. The summed E-state index contributed by atoms with van der Waals surface area (Å²) in [6.07, 6.45) is 0.675. The number of nitrogens with zero attached hydrogens (tertiary/aromatic N) is 2. The van der Waals surface area contributed by atoms with Gasteiger partial charge in [-0.2, -0.15) is 17.0 Å². The van der Waals surface area contributed by atoms with Gasteiger partial charge < -0.3 is 10.1 Å². The summed E-state index contributed by atoms with van der Waals surface area (Å²) >= 11 is 0. The van der Waals surface area contributed by atoms with Crippen molar-refractivity contribution in [3.05, 3.63) is 65.2 Å². The first kappa shape index (κ1) is 21.3. The highest BCUT2D eigenvalue weighted by Crippen LogP contribution is 2.21. The SMILES string of the molecule is COc1cccc(CN2CCCN(CC(=O)NCc3ccc(C)cc3)S2(=O)=O)c1. The van der Waals surface area contributed by atoms with Crippen molar-refractivity contribution in [3.8, 4) is 5.75 Å². The minimum atomic E-state index is -3.70. The molecule has 1 amide bonds. The summed E-state index contributed by atoms with van der Waals surface area (Å²) in [7, 11) is -2.12. The van der Waals surface area contributed by atoms with E-state index in [1.54, 1.807) is 7.11 Å². The molecule has 1 saturated heterocycles. The van der Waals surface area contributed by atoms with Crippen LogP contribution in [0.1, 0.15) is 23.1 Å². The van der Waals surface area contributed by atoms with Crippen LogP contribution in [0, 0.1) is 6.92 Å². The van der Waals surface area contributed by atoms with Gasteiger partial charge in [0.15, 0.2) is 0 Å². The number of benzene rings is 2. The molecule has 1 aliphatic rings. The van der Waals surface area contributed by atoms with Crippen molar-refractivity contribution in [3.63, 3.8) is 0 Å². The molecule has 7 nitrogen and oxygen atoms in total. The monoisotopic (exact) mass is 417 g/mol. The molecular weight excluding hydrogens is 390 g/mol. The third-order valence-corrected chi connectivity index (χ3v) is 6.82. The molecule has 2 aromatic rings. The second-order valence-electron chi connectivity index (χ2n) is 7.14. The molecule has 0 aliphatic carbocycles. The van der Waals surface area contributed by atoms with Crippen LogP contribution in [0.4, 0.5) is 0 Å². The van der Waals surface area contributed by atoms with Crippen LogP contribution in [0.25, 0.3) is 0 Å². The molecule has 0 saturated carbocycles. The number of ether oxygens (including phenoxy) is 1. The first-order valence-corrected chi connectivity index (χ1v) is 11.0. The molecule has 0 bridgehead atoms. The van der Waals surface area contributed by atoms with Crippen LogP contribution in [-0.4, -0.2) is 49.7 Å². The van der Waals surface area contributed by atoms with E-state index >= 15 is 0 Å². The van der Waals surface area contributed by atoms with Gasteiger partial charge in [0, 0.05) is 26.2 Å². The molecule has 3 rings (SSSR count). The number of aryl methyl sites for hydroxylation is 1. The fourth-order valence-electron chi connectivity index (χ4n) is 3.24. The lowest BCUT2D eigenvalue weighted by molar-refractivity contribution is -0.121. The standard InChI is InChI=1S/C21H27N3O4S/c1-17-7-9-18(10-8-17)14-22-21(25)16-24-12-4-11-23(29(24,26)27)15-19-5-3-6-20(13-19)28-2/h3,5-10,13H,4,11-12,14-16H2,1-2H3,(H,22,25). The lowest BCUT2D eigenvalue weighted by Crippen LogP contribution is -2.52. The van der Waals surface area contributed by atoms with Crippen LogP contribution in [0.15, 0.2) is 48.5 Å². The summed E-state index contributed by atoms with van der Waals surface area (Å²) in [5.41, 5.74) is 2.97. The number of carbonyl (C=O) groups excluding carboxylic acids is 1. The average Bonchev–Trinajstić information content (AvgIpc) is 2.71. The topological polar surface area (TPSA) is 79.0 Å². The lowest BCUT2D eigenvalue weighted by atomic mass is 10.1. The van der Waals surface area contributed by atoms with Crippen molar-refractivity contribution in [2.75, 3.05) is 26.7 Å². The van der Waals surface area contributed by atoms with Crippen LogP contribution >= 0.6 is 0 Å². The van der Waals surface area contributed by atoms with Gasteiger partial charge in [-0.3, -0.25) is 4.79 Å². The maximum atomic E-state index is 13.0. The van der Waals surface area contributed by atoms with Crippen LogP contribution in [-0.2, 0) is 28.1 Å². The van der Waals surface area contributed by atoms with Crippen LogP contribution in [0.3, 0.4) is 0 Å². The van der Waals surface area contributed by atoms with Crippen LogP contribution < -0.4 is 10.1 Å². The van der Waals surface area contributed by atoms with Crippen LogP contribution in [0.5, 0.6) is 5.75 Å². The van der Waals surface area contributed by atoms with Gasteiger partial charge in [0.05, 0.1) is 13.7 Å². The summed E-state index contributed by atoms with van der Waals surface area (Å²) in [6, 6.07) is 15.2. The summed E-state index contributed by atoms with van der Waals surface area (Å²) in [5, 5.41) is 2.80. The van der Waals surface area contributed by atoms with E-state index in [2.05, 4.69) is 5.32 Å². The van der Waals surface area contributed by atoms with Crippen molar-refractivity contribution >= 4 is 16.1 Å². The van der Waals surface area contributed by atoms with E-state index in [9.17, 15) is 13.2 Å². The third kappa shape index (κ3) is 5.56. The highest BCUT2D eigenvalue weighted by Gasteiger charge is 2.34. The minimum Gasteiger partial charge on any atom is -0.497 e. The molecule has 29 heavy (non-hydrogen) atoms. The van der Waals surface area contributed by atoms with E-state index in [-0.39, 0.29) is 19.0 Å². The summed E-state index contributed by atoms with van der Waals surface area (Å²) in [6.45, 7) is 3.22.